The second-order valence-electron chi connectivity index (χ2n) is 6.35. The molecule has 1 heterocycles. The predicted molar refractivity (Wildman–Crippen MR) is 109 cm³/mol. The van der Waals surface area contributed by atoms with Gasteiger partial charge in [-0.1, -0.05) is 48.0 Å². The highest BCUT2D eigenvalue weighted by atomic mass is 35.5. The van der Waals surface area contributed by atoms with Gasteiger partial charge in [0.2, 0.25) is 0 Å². The lowest BCUT2D eigenvalue weighted by Gasteiger charge is -2.10. The monoisotopic (exact) mass is 392 g/mol. The van der Waals surface area contributed by atoms with E-state index in [1.54, 1.807) is 4.57 Å². The summed E-state index contributed by atoms with van der Waals surface area (Å²) in [7, 11) is 0. The van der Waals surface area contributed by atoms with Gasteiger partial charge in [-0.05, 0) is 42.0 Å². The van der Waals surface area contributed by atoms with Gasteiger partial charge in [-0.2, -0.15) is 0 Å². The number of carboxylic acids is 1. The van der Waals surface area contributed by atoms with E-state index in [2.05, 4.69) is 4.98 Å². The average Bonchev–Trinajstić information content (AvgIpc) is 3.06. The Morgan fingerprint density at radius 1 is 1.04 bits per heavy atom. The van der Waals surface area contributed by atoms with Crippen molar-refractivity contribution in [1.29, 1.82) is 0 Å². The molecule has 0 bridgehead atoms. The molecular weight excluding hydrogens is 376 g/mol. The first-order valence-corrected chi connectivity index (χ1v) is 9.13. The van der Waals surface area contributed by atoms with Crippen molar-refractivity contribution in [3.8, 4) is 17.1 Å². The van der Waals surface area contributed by atoms with E-state index in [0.717, 1.165) is 22.2 Å². The molecule has 0 aliphatic carbocycles. The van der Waals surface area contributed by atoms with Gasteiger partial charge in [-0.3, -0.25) is 4.79 Å². The van der Waals surface area contributed by atoms with Gasteiger partial charge in [-0.25, -0.2) is 4.98 Å². The van der Waals surface area contributed by atoms with Gasteiger partial charge in [-0.15, -0.1) is 0 Å². The second kappa shape index (κ2) is 7.74. The highest BCUT2D eigenvalue weighted by molar-refractivity contribution is 6.30. The Kier molecular flexibility index (Phi) is 5.00. The molecule has 0 saturated carbocycles. The number of carbonyl (C=O) groups is 1. The summed E-state index contributed by atoms with van der Waals surface area (Å²) in [6.45, 7) is 0.248. The first-order chi connectivity index (χ1) is 13.6. The molecule has 0 amide bonds. The number of hydrogen-bond acceptors (Lipinski definition) is 3. The molecule has 0 atom stereocenters. The highest BCUT2D eigenvalue weighted by Crippen LogP contribution is 2.28. The van der Waals surface area contributed by atoms with Gasteiger partial charge >= 0.3 is 5.97 Å². The Morgan fingerprint density at radius 3 is 2.61 bits per heavy atom. The minimum absolute atomic E-state index is 0.161. The lowest BCUT2D eigenvalue weighted by atomic mass is 10.2. The summed E-state index contributed by atoms with van der Waals surface area (Å²) in [5, 5.41) is 10.0. The fraction of sp³-hybridized carbons (Fsp3) is 0.0909. The summed E-state index contributed by atoms with van der Waals surface area (Å²) in [5.41, 5.74) is 3.34. The molecule has 0 spiro atoms. The third kappa shape index (κ3) is 3.85. The van der Waals surface area contributed by atoms with E-state index in [1.807, 2.05) is 72.8 Å². The van der Waals surface area contributed by atoms with Gasteiger partial charge < -0.3 is 14.4 Å². The summed E-state index contributed by atoms with van der Waals surface area (Å²) in [4.78, 5) is 16.0. The number of imidazole rings is 1. The Hall–Kier alpha value is -3.31. The predicted octanol–water partition coefficient (Wildman–Crippen LogP) is 5.02. The van der Waals surface area contributed by atoms with E-state index in [-0.39, 0.29) is 6.54 Å². The Morgan fingerprint density at radius 2 is 1.82 bits per heavy atom. The number of para-hydroxylation sites is 2. The molecule has 0 fully saturated rings. The number of carboxylic acid groups (broad SMARTS) is 1. The number of rotatable bonds is 6. The third-order valence-electron chi connectivity index (χ3n) is 4.36. The Balaban J connectivity index is 1.65. The largest absolute Gasteiger partial charge is 0.489 e. The molecule has 6 heteroatoms. The molecule has 0 aliphatic rings. The van der Waals surface area contributed by atoms with Crippen molar-refractivity contribution < 1.29 is 14.6 Å². The summed E-state index contributed by atoms with van der Waals surface area (Å²) in [5.74, 6) is 0.362. The van der Waals surface area contributed by atoms with Crippen molar-refractivity contribution in [3.63, 3.8) is 0 Å². The van der Waals surface area contributed by atoms with E-state index in [9.17, 15) is 9.90 Å². The van der Waals surface area contributed by atoms with Crippen LogP contribution >= 0.6 is 11.6 Å². The van der Waals surface area contributed by atoms with Crippen molar-refractivity contribution in [1.82, 2.24) is 9.55 Å². The number of halogens is 1. The number of aromatic nitrogens is 2. The zero-order valence-corrected chi connectivity index (χ0v) is 15.6. The summed E-state index contributed by atoms with van der Waals surface area (Å²) in [6, 6.07) is 22.5. The number of aliphatic carboxylic acids is 1. The van der Waals surface area contributed by atoms with Crippen molar-refractivity contribution >= 4 is 28.6 Å². The van der Waals surface area contributed by atoms with Crippen LogP contribution in [0.2, 0.25) is 5.02 Å². The van der Waals surface area contributed by atoms with E-state index < -0.39 is 5.97 Å². The quantitative estimate of drug-likeness (QED) is 0.500. The van der Waals surface area contributed by atoms with Crippen LogP contribution in [0.5, 0.6) is 5.75 Å². The first-order valence-electron chi connectivity index (χ1n) is 8.75. The summed E-state index contributed by atoms with van der Waals surface area (Å²) >= 11 is 5.91. The molecule has 0 aliphatic heterocycles. The fourth-order valence-corrected chi connectivity index (χ4v) is 3.19. The van der Waals surface area contributed by atoms with E-state index in [0.29, 0.717) is 23.2 Å². The van der Waals surface area contributed by atoms with Crippen molar-refractivity contribution in [2.24, 2.45) is 0 Å². The normalized spacial score (nSPS) is 10.9. The molecule has 5 nitrogen and oxygen atoms in total. The van der Waals surface area contributed by atoms with Crippen LogP contribution in [0.25, 0.3) is 22.4 Å². The van der Waals surface area contributed by atoms with Crippen LogP contribution in [0.3, 0.4) is 0 Å². The molecule has 3 aromatic carbocycles. The zero-order valence-electron chi connectivity index (χ0n) is 14.9. The SMILES string of the molecule is O=C(O)Cn1c(-c2cccc(OCc3ccc(Cl)cc3)c2)nc2ccccc21. The molecule has 140 valence electrons. The van der Waals surface area contributed by atoms with Gasteiger partial charge in [0.15, 0.2) is 0 Å². The molecule has 4 rings (SSSR count). The van der Waals surface area contributed by atoms with Gasteiger partial charge in [0, 0.05) is 10.6 Å². The first kappa shape index (κ1) is 18.1. The van der Waals surface area contributed by atoms with Gasteiger partial charge in [0.1, 0.15) is 24.7 Å². The topological polar surface area (TPSA) is 64.3 Å². The molecule has 1 N–H and O–H groups in total. The maximum absolute atomic E-state index is 11.4. The minimum atomic E-state index is -0.917. The van der Waals surface area contributed by atoms with Gasteiger partial charge in [0.05, 0.1) is 11.0 Å². The van der Waals surface area contributed by atoms with E-state index in [1.165, 1.54) is 0 Å². The number of ether oxygens (including phenoxy) is 1. The van der Waals surface area contributed by atoms with Crippen molar-refractivity contribution in [3.05, 3.63) is 83.4 Å². The summed E-state index contributed by atoms with van der Waals surface area (Å²) in [6.07, 6.45) is 0. The average molecular weight is 393 g/mol. The molecule has 0 saturated heterocycles. The maximum atomic E-state index is 11.4. The Labute approximate surface area is 166 Å². The lowest BCUT2D eigenvalue weighted by molar-refractivity contribution is -0.137. The smallest absolute Gasteiger partial charge is 0.323 e. The second-order valence-corrected chi connectivity index (χ2v) is 6.78. The number of benzene rings is 3. The van der Waals surface area contributed by atoms with Crippen LogP contribution in [0.4, 0.5) is 0 Å². The number of nitrogens with zero attached hydrogens (tertiary/aromatic N) is 2. The zero-order chi connectivity index (χ0) is 19.5. The lowest BCUT2D eigenvalue weighted by Crippen LogP contribution is -2.10. The molecule has 0 unspecified atom stereocenters. The molecule has 1 aromatic heterocycles. The summed E-state index contributed by atoms with van der Waals surface area (Å²) < 4.78 is 7.60. The van der Waals surface area contributed by atoms with Crippen molar-refractivity contribution in [2.45, 2.75) is 13.2 Å². The molecule has 4 aromatic rings. The third-order valence-corrected chi connectivity index (χ3v) is 4.61. The maximum Gasteiger partial charge on any atom is 0.323 e. The van der Waals surface area contributed by atoms with E-state index in [4.69, 9.17) is 16.3 Å². The Bertz CT molecular complexity index is 1140. The minimum Gasteiger partial charge on any atom is -0.489 e. The number of hydrogen-bond donors (Lipinski definition) is 1. The van der Waals surface area contributed by atoms with Gasteiger partial charge in [0.25, 0.3) is 0 Å². The fourth-order valence-electron chi connectivity index (χ4n) is 3.06. The van der Waals surface area contributed by atoms with Crippen LogP contribution in [-0.2, 0) is 17.9 Å². The molecule has 0 radical (unpaired) electrons. The molecule has 28 heavy (non-hydrogen) atoms. The van der Waals surface area contributed by atoms with Crippen LogP contribution in [0, 0.1) is 0 Å². The van der Waals surface area contributed by atoms with Crippen LogP contribution in [-0.4, -0.2) is 20.6 Å². The van der Waals surface area contributed by atoms with Crippen LogP contribution in [0.1, 0.15) is 5.56 Å². The van der Waals surface area contributed by atoms with Crippen LogP contribution < -0.4 is 4.74 Å². The number of fused-ring (bicyclic) bond motifs is 1. The van der Waals surface area contributed by atoms with Crippen molar-refractivity contribution in [2.75, 3.05) is 0 Å². The van der Waals surface area contributed by atoms with E-state index >= 15 is 0 Å². The highest BCUT2D eigenvalue weighted by Gasteiger charge is 2.15. The molecular formula is C22H17ClN2O3. The standard InChI is InChI=1S/C22H17ClN2O3/c23-17-10-8-15(9-11-17)14-28-18-5-3-4-16(12-18)22-24-19-6-1-2-7-20(19)25(22)13-21(26)27/h1-12H,13-14H2,(H,26,27). The van der Waals surface area contributed by atoms with Crippen LogP contribution in [0.15, 0.2) is 72.8 Å².